The lowest BCUT2D eigenvalue weighted by Gasteiger charge is -2.17. The normalized spacial score (nSPS) is 12.2. The van der Waals surface area contributed by atoms with Crippen molar-refractivity contribution in [3.63, 3.8) is 0 Å². The number of pyridine rings is 2. The predicted molar refractivity (Wildman–Crippen MR) is 123 cm³/mol. The zero-order chi connectivity index (χ0) is 21.8. The molecule has 31 heavy (non-hydrogen) atoms. The average Bonchev–Trinajstić information content (AvgIpc) is 3.34. The Hall–Kier alpha value is -3.13. The second-order valence-electron chi connectivity index (χ2n) is 7.49. The van der Waals surface area contributed by atoms with E-state index in [1.807, 2.05) is 66.9 Å². The van der Waals surface area contributed by atoms with Gasteiger partial charge in [0.15, 0.2) is 11.5 Å². The number of amides is 1. The number of nitrogens with zero attached hydrogens (tertiary/aromatic N) is 5. The summed E-state index contributed by atoms with van der Waals surface area (Å²) in [7, 11) is 0. The molecule has 0 saturated heterocycles. The maximum atomic E-state index is 13.3. The van der Waals surface area contributed by atoms with Crippen molar-refractivity contribution < 1.29 is 4.79 Å². The SMILES string of the molecule is CSCCC(NC(=O)c1cc(C)n(Cc2ccccn2)c1C)c1nnc2ccccn12. The number of carbonyl (C=O) groups is 1. The third kappa shape index (κ3) is 4.49. The summed E-state index contributed by atoms with van der Waals surface area (Å²) >= 11 is 1.75. The summed E-state index contributed by atoms with van der Waals surface area (Å²) in [4.78, 5) is 17.7. The molecule has 4 aromatic heterocycles. The van der Waals surface area contributed by atoms with Gasteiger partial charge < -0.3 is 9.88 Å². The highest BCUT2D eigenvalue weighted by Gasteiger charge is 2.23. The van der Waals surface area contributed by atoms with E-state index in [0.29, 0.717) is 12.1 Å². The number of nitrogens with one attached hydrogen (secondary N) is 1. The van der Waals surface area contributed by atoms with Gasteiger partial charge in [-0.1, -0.05) is 12.1 Å². The first-order valence-corrected chi connectivity index (χ1v) is 11.6. The van der Waals surface area contributed by atoms with Gasteiger partial charge in [0, 0.05) is 23.8 Å². The number of thioether (sulfide) groups is 1. The van der Waals surface area contributed by atoms with Gasteiger partial charge in [-0.2, -0.15) is 11.8 Å². The minimum atomic E-state index is -0.226. The summed E-state index contributed by atoms with van der Waals surface area (Å²) in [6.07, 6.45) is 6.55. The highest BCUT2D eigenvalue weighted by atomic mass is 32.2. The first-order chi connectivity index (χ1) is 15.1. The first kappa shape index (κ1) is 21.1. The molecule has 0 aliphatic heterocycles. The van der Waals surface area contributed by atoms with Crippen molar-refractivity contribution in [1.82, 2.24) is 29.5 Å². The Morgan fingerprint density at radius 1 is 1.16 bits per heavy atom. The molecule has 1 amide bonds. The molecule has 0 bridgehead atoms. The van der Waals surface area contributed by atoms with Gasteiger partial charge >= 0.3 is 0 Å². The van der Waals surface area contributed by atoms with Crippen LogP contribution in [-0.2, 0) is 6.54 Å². The van der Waals surface area contributed by atoms with Crippen molar-refractivity contribution in [3.05, 3.63) is 83.3 Å². The third-order valence-electron chi connectivity index (χ3n) is 5.43. The highest BCUT2D eigenvalue weighted by Crippen LogP contribution is 2.21. The topological polar surface area (TPSA) is 77.1 Å². The van der Waals surface area contributed by atoms with E-state index < -0.39 is 0 Å². The van der Waals surface area contributed by atoms with Crippen LogP contribution in [0.15, 0.2) is 54.9 Å². The monoisotopic (exact) mass is 434 g/mol. The van der Waals surface area contributed by atoms with Gasteiger partial charge in [0.2, 0.25) is 0 Å². The molecule has 0 saturated carbocycles. The molecule has 1 N–H and O–H groups in total. The van der Waals surface area contributed by atoms with Crippen molar-refractivity contribution in [2.75, 3.05) is 12.0 Å². The summed E-state index contributed by atoms with van der Waals surface area (Å²) in [6.45, 7) is 4.63. The summed E-state index contributed by atoms with van der Waals surface area (Å²) < 4.78 is 4.07. The van der Waals surface area contributed by atoms with E-state index in [2.05, 4.69) is 31.3 Å². The molecule has 0 aromatic carbocycles. The van der Waals surface area contributed by atoms with E-state index in [4.69, 9.17) is 0 Å². The zero-order valence-electron chi connectivity index (χ0n) is 17.9. The number of aromatic nitrogens is 5. The maximum absolute atomic E-state index is 13.3. The maximum Gasteiger partial charge on any atom is 0.253 e. The lowest BCUT2D eigenvalue weighted by molar-refractivity contribution is 0.0933. The van der Waals surface area contributed by atoms with Crippen LogP contribution >= 0.6 is 11.8 Å². The number of rotatable bonds is 8. The lowest BCUT2D eigenvalue weighted by Crippen LogP contribution is -2.30. The number of aryl methyl sites for hydroxylation is 1. The Morgan fingerprint density at radius 2 is 2.00 bits per heavy atom. The van der Waals surface area contributed by atoms with Gasteiger partial charge in [-0.05, 0) is 62.6 Å². The van der Waals surface area contributed by atoms with E-state index in [-0.39, 0.29) is 11.9 Å². The molecule has 1 unspecified atom stereocenters. The van der Waals surface area contributed by atoms with Gasteiger partial charge in [-0.25, -0.2) is 0 Å². The van der Waals surface area contributed by atoms with E-state index in [1.165, 1.54) is 0 Å². The summed E-state index contributed by atoms with van der Waals surface area (Å²) in [5.74, 6) is 1.56. The van der Waals surface area contributed by atoms with E-state index in [9.17, 15) is 4.79 Å². The fourth-order valence-electron chi connectivity index (χ4n) is 3.76. The van der Waals surface area contributed by atoms with Crippen molar-refractivity contribution in [1.29, 1.82) is 0 Å². The van der Waals surface area contributed by atoms with Crippen LogP contribution in [0.3, 0.4) is 0 Å². The third-order valence-corrected chi connectivity index (χ3v) is 6.08. The van der Waals surface area contributed by atoms with Crippen LogP contribution in [0.5, 0.6) is 0 Å². The number of fused-ring (bicyclic) bond motifs is 1. The number of hydrogen-bond donors (Lipinski definition) is 1. The van der Waals surface area contributed by atoms with E-state index >= 15 is 0 Å². The predicted octanol–water partition coefficient (Wildman–Crippen LogP) is 3.82. The molecule has 4 heterocycles. The molecular formula is C23H26N6OS. The molecule has 4 aromatic rings. The van der Waals surface area contributed by atoms with Crippen LogP contribution in [0, 0.1) is 13.8 Å². The quantitative estimate of drug-likeness (QED) is 0.456. The van der Waals surface area contributed by atoms with Gasteiger partial charge in [0.05, 0.1) is 23.8 Å². The second-order valence-corrected chi connectivity index (χ2v) is 8.47. The minimum Gasteiger partial charge on any atom is -0.342 e. The molecule has 160 valence electrons. The van der Waals surface area contributed by atoms with Crippen molar-refractivity contribution in [2.45, 2.75) is 32.9 Å². The van der Waals surface area contributed by atoms with Crippen LogP contribution < -0.4 is 5.32 Å². The molecule has 0 spiro atoms. The first-order valence-electron chi connectivity index (χ1n) is 10.2. The van der Waals surface area contributed by atoms with Crippen LogP contribution in [0.2, 0.25) is 0 Å². The van der Waals surface area contributed by atoms with Crippen molar-refractivity contribution >= 4 is 23.3 Å². The fourth-order valence-corrected chi connectivity index (χ4v) is 4.23. The molecule has 8 heteroatoms. The molecule has 4 rings (SSSR count). The van der Waals surface area contributed by atoms with Crippen molar-refractivity contribution in [2.24, 2.45) is 0 Å². The standard InChI is InChI=1S/C23H26N6OS/c1-16-14-19(17(2)29(16)15-18-8-4-6-11-24-18)23(30)25-20(10-13-31-3)22-27-26-21-9-5-7-12-28(21)22/h4-9,11-12,14,20H,10,13,15H2,1-3H3,(H,25,30). The fraction of sp³-hybridized carbons (Fsp3) is 0.304. The molecule has 0 aliphatic rings. The Labute approximate surface area is 185 Å². The Kier molecular flexibility index (Phi) is 6.36. The summed E-state index contributed by atoms with van der Waals surface area (Å²) in [6, 6.07) is 13.4. The molecule has 0 fully saturated rings. The molecule has 1 atom stereocenters. The summed E-state index contributed by atoms with van der Waals surface area (Å²) in [5.41, 5.74) is 4.37. The molecule has 0 aliphatic carbocycles. The van der Waals surface area contributed by atoms with E-state index in [0.717, 1.165) is 40.7 Å². The smallest absolute Gasteiger partial charge is 0.253 e. The highest BCUT2D eigenvalue weighted by molar-refractivity contribution is 7.98. The largest absolute Gasteiger partial charge is 0.342 e. The van der Waals surface area contributed by atoms with Crippen molar-refractivity contribution in [3.8, 4) is 0 Å². The minimum absolute atomic E-state index is 0.0980. The van der Waals surface area contributed by atoms with Gasteiger partial charge in [0.1, 0.15) is 0 Å². The van der Waals surface area contributed by atoms with Crippen LogP contribution in [0.25, 0.3) is 5.65 Å². The van der Waals surface area contributed by atoms with E-state index in [1.54, 1.807) is 18.0 Å². The summed E-state index contributed by atoms with van der Waals surface area (Å²) in [5, 5.41) is 11.8. The lowest BCUT2D eigenvalue weighted by atomic mass is 10.1. The molecule has 7 nitrogen and oxygen atoms in total. The Bertz CT molecular complexity index is 1180. The van der Waals surface area contributed by atoms with Gasteiger partial charge in [-0.3, -0.25) is 14.2 Å². The van der Waals surface area contributed by atoms with Crippen LogP contribution in [0.1, 0.15) is 45.7 Å². The zero-order valence-corrected chi connectivity index (χ0v) is 18.8. The number of hydrogen-bond acceptors (Lipinski definition) is 5. The Morgan fingerprint density at radius 3 is 2.77 bits per heavy atom. The Balaban J connectivity index is 1.60. The van der Waals surface area contributed by atoms with Crippen LogP contribution in [0.4, 0.5) is 0 Å². The average molecular weight is 435 g/mol. The van der Waals surface area contributed by atoms with Gasteiger partial charge in [-0.15, -0.1) is 10.2 Å². The molecule has 0 radical (unpaired) electrons. The van der Waals surface area contributed by atoms with Gasteiger partial charge in [0.25, 0.3) is 5.91 Å². The van der Waals surface area contributed by atoms with Crippen LogP contribution in [-0.4, -0.2) is 42.1 Å². The molecular weight excluding hydrogens is 408 g/mol. The second kappa shape index (κ2) is 9.34. The number of carbonyl (C=O) groups excluding carboxylic acids is 1.